The first-order valence-electron chi connectivity index (χ1n) is 8.69. The van der Waals surface area contributed by atoms with Crippen molar-refractivity contribution < 1.29 is 9.53 Å². The molecule has 2 aliphatic rings. The fourth-order valence-corrected chi connectivity index (χ4v) is 3.21. The second kappa shape index (κ2) is 6.19. The number of hydrogen-bond acceptors (Lipinski definition) is 3. The molecule has 1 saturated carbocycles. The fraction of sp³-hybridized carbons (Fsp3) is 0.350. The summed E-state index contributed by atoms with van der Waals surface area (Å²) in [7, 11) is 0. The number of ether oxygens (including phenoxy) is 1. The SMILES string of the molecule is CCCOc1ccc([C@@H]2Nc3ccccc3C(=O)N2C2CC2)cc1. The van der Waals surface area contributed by atoms with Gasteiger partial charge in [-0.2, -0.15) is 0 Å². The van der Waals surface area contributed by atoms with Crippen molar-refractivity contribution in [3.63, 3.8) is 0 Å². The van der Waals surface area contributed by atoms with Gasteiger partial charge in [0.05, 0.1) is 12.2 Å². The van der Waals surface area contributed by atoms with Crippen LogP contribution in [0.3, 0.4) is 0 Å². The zero-order valence-corrected chi connectivity index (χ0v) is 13.9. The lowest BCUT2D eigenvalue weighted by Crippen LogP contribution is -2.44. The van der Waals surface area contributed by atoms with Crippen molar-refractivity contribution in [1.82, 2.24) is 4.90 Å². The van der Waals surface area contributed by atoms with E-state index in [-0.39, 0.29) is 12.1 Å². The third-order valence-corrected chi connectivity index (χ3v) is 4.57. The molecule has 1 atom stereocenters. The first kappa shape index (κ1) is 15.1. The molecule has 2 aromatic rings. The quantitative estimate of drug-likeness (QED) is 0.897. The largest absolute Gasteiger partial charge is 0.494 e. The molecule has 1 aliphatic heterocycles. The van der Waals surface area contributed by atoms with E-state index in [2.05, 4.69) is 24.4 Å². The van der Waals surface area contributed by atoms with Crippen molar-refractivity contribution in [2.75, 3.05) is 11.9 Å². The fourth-order valence-electron chi connectivity index (χ4n) is 3.21. The van der Waals surface area contributed by atoms with Gasteiger partial charge in [-0.1, -0.05) is 31.2 Å². The van der Waals surface area contributed by atoms with Crippen LogP contribution >= 0.6 is 0 Å². The minimum absolute atomic E-state index is 0.111. The maximum Gasteiger partial charge on any atom is 0.258 e. The summed E-state index contributed by atoms with van der Waals surface area (Å²) in [5.74, 6) is 1.00. The average Bonchev–Trinajstić information content (AvgIpc) is 3.45. The van der Waals surface area contributed by atoms with Gasteiger partial charge >= 0.3 is 0 Å². The molecule has 0 aromatic heterocycles. The third kappa shape index (κ3) is 2.73. The molecular weight excluding hydrogens is 300 g/mol. The normalized spacial score (nSPS) is 19.6. The van der Waals surface area contributed by atoms with Crippen LogP contribution in [0.5, 0.6) is 5.75 Å². The highest BCUT2D eigenvalue weighted by molar-refractivity contribution is 6.02. The van der Waals surface area contributed by atoms with Crippen LogP contribution in [0.1, 0.15) is 48.3 Å². The Kier molecular flexibility index (Phi) is 3.89. The van der Waals surface area contributed by atoms with Gasteiger partial charge in [-0.3, -0.25) is 4.79 Å². The van der Waals surface area contributed by atoms with E-state index in [0.717, 1.165) is 48.4 Å². The van der Waals surface area contributed by atoms with E-state index in [1.165, 1.54) is 0 Å². The van der Waals surface area contributed by atoms with Gasteiger partial charge < -0.3 is 15.0 Å². The van der Waals surface area contributed by atoms with Gasteiger partial charge in [0.1, 0.15) is 11.9 Å². The minimum atomic E-state index is -0.111. The van der Waals surface area contributed by atoms with E-state index >= 15 is 0 Å². The molecule has 4 nitrogen and oxygen atoms in total. The van der Waals surface area contributed by atoms with Gasteiger partial charge in [0.2, 0.25) is 0 Å². The van der Waals surface area contributed by atoms with Gasteiger partial charge in [0.25, 0.3) is 5.91 Å². The maximum atomic E-state index is 13.0. The number of nitrogens with one attached hydrogen (secondary N) is 1. The van der Waals surface area contributed by atoms with E-state index < -0.39 is 0 Å². The maximum absolute atomic E-state index is 13.0. The molecule has 1 fully saturated rings. The monoisotopic (exact) mass is 322 g/mol. The number of carbonyl (C=O) groups is 1. The Balaban J connectivity index is 1.64. The van der Waals surface area contributed by atoms with Gasteiger partial charge in [-0.15, -0.1) is 0 Å². The van der Waals surface area contributed by atoms with Crippen molar-refractivity contribution in [3.8, 4) is 5.75 Å². The van der Waals surface area contributed by atoms with Crippen LogP contribution in [0.4, 0.5) is 5.69 Å². The highest BCUT2D eigenvalue weighted by Gasteiger charge is 2.41. The molecule has 0 spiro atoms. The van der Waals surface area contributed by atoms with Crippen molar-refractivity contribution in [3.05, 3.63) is 59.7 Å². The average molecular weight is 322 g/mol. The second-order valence-electron chi connectivity index (χ2n) is 6.45. The molecule has 0 bridgehead atoms. The molecule has 0 unspecified atom stereocenters. The predicted molar refractivity (Wildman–Crippen MR) is 94.2 cm³/mol. The van der Waals surface area contributed by atoms with Gasteiger partial charge in [-0.25, -0.2) is 0 Å². The van der Waals surface area contributed by atoms with E-state index in [4.69, 9.17) is 4.74 Å². The Morgan fingerprint density at radius 2 is 1.88 bits per heavy atom. The highest BCUT2D eigenvalue weighted by Crippen LogP contribution is 2.40. The first-order chi connectivity index (χ1) is 11.8. The number of para-hydroxylation sites is 1. The van der Waals surface area contributed by atoms with Crippen LogP contribution in [0.25, 0.3) is 0 Å². The zero-order chi connectivity index (χ0) is 16.5. The van der Waals surface area contributed by atoms with Crippen LogP contribution in [0, 0.1) is 0 Å². The van der Waals surface area contributed by atoms with Crippen molar-refractivity contribution in [2.45, 2.75) is 38.4 Å². The highest BCUT2D eigenvalue weighted by atomic mass is 16.5. The summed E-state index contributed by atoms with van der Waals surface area (Å²) >= 11 is 0. The van der Waals surface area contributed by atoms with Crippen LogP contribution in [0.15, 0.2) is 48.5 Å². The Labute approximate surface area is 142 Å². The standard InChI is InChI=1S/C20H22N2O2/c1-2-13-24-16-11-7-14(8-12-16)19-21-18-6-4-3-5-17(18)20(23)22(19)15-9-10-15/h3-8,11-12,15,19,21H,2,9-10,13H2,1H3/t19-/m1/s1. The van der Waals surface area contributed by atoms with Gasteiger partial charge in [0.15, 0.2) is 0 Å². The molecule has 0 radical (unpaired) electrons. The topological polar surface area (TPSA) is 41.6 Å². The van der Waals surface area contributed by atoms with Crippen LogP contribution in [-0.2, 0) is 0 Å². The Morgan fingerprint density at radius 3 is 2.58 bits per heavy atom. The summed E-state index contributed by atoms with van der Waals surface area (Å²) in [6, 6.07) is 16.2. The number of rotatable bonds is 5. The molecule has 4 heteroatoms. The van der Waals surface area contributed by atoms with E-state index in [1.54, 1.807) is 0 Å². The number of hydrogen-bond donors (Lipinski definition) is 1. The lowest BCUT2D eigenvalue weighted by molar-refractivity contribution is 0.0666. The summed E-state index contributed by atoms with van der Waals surface area (Å²) in [5, 5.41) is 3.54. The van der Waals surface area contributed by atoms with Crippen LogP contribution < -0.4 is 10.1 Å². The summed E-state index contributed by atoms with van der Waals surface area (Å²) in [6.45, 7) is 2.82. The summed E-state index contributed by atoms with van der Waals surface area (Å²) in [6.07, 6.45) is 3.06. The van der Waals surface area contributed by atoms with Crippen molar-refractivity contribution in [2.24, 2.45) is 0 Å². The van der Waals surface area contributed by atoms with E-state index in [1.807, 2.05) is 41.3 Å². The lowest BCUT2D eigenvalue weighted by atomic mass is 10.0. The van der Waals surface area contributed by atoms with Gasteiger partial charge in [-0.05, 0) is 49.1 Å². The van der Waals surface area contributed by atoms with Gasteiger partial charge in [0, 0.05) is 11.7 Å². The second-order valence-corrected chi connectivity index (χ2v) is 6.45. The molecular formula is C20H22N2O2. The number of anilines is 1. The molecule has 1 aliphatic carbocycles. The third-order valence-electron chi connectivity index (χ3n) is 4.57. The van der Waals surface area contributed by atoms with Crippen molar-refractivity contribution >= 4 is 11.6 Å². The summed E-state index contributed by atoms with van der Waals surface area (Å²) in [5.41, 5.74) is 2.77. The number of fused-ring (bicyclic) bond motifs is 1. The minimum Gasteiger partial charge on any atom is -0.494 e. The number of amides is 1. The van der Waals surface area contributed by atoms with E-state index in [9.17, 15) is 4.79 Å². The van der Waals surface area contributed by atoms with E-state index in [0.29, 0.717) is 6.04 Å². The Morgan fingerprint density at radius 1 is 1.12 bits per heavy atom. The zero-order valence-electron chi connectivity index (χ0n) is 13.9. The summed E-state index contributed by atoms with van der Waals surface area (Å²) in [4.78, 5) is 15.0. The number of nitrogens with zero attached hydrogens (tertiary/aromatic N) is 1. The summed E-state index contributed by atoms with van der Waals surface area (Å²) < 4.78 is 5.66. The first-order valence-corrected chi connectivity index (χ1v) is 8.69. The number of carbonyl (C=O) groups excluding carboxylic acids is 1. The molecule has 24 heavy (non-hydrogen) atoms. The van der Waals surface area contributed by atoms with Crippen LogP contribution in [0.2, 0.25) is 0 Å². The lowest BCUT2D eigenvalue weighted by Gasteiger charge is -2.38. The molecule has 2 aromatic carbocycles. The van der Waals surface area contributed by atoms with Crippen LogP contribution in [-0.4, -0.2) is 23.5 Å². The predicted octanol–water partition coefficient (Wildman–Crippen LogP) is 4.20. The molecule has 1 amide bonds. The molecule has 0 saturated heterocycles. The number of benzene rings is 2. The Hall–Kier alpha value is -2.49. The Bertz CT molecular complexity index is 738. The molecule has 1 N–H and O–H groups in total. The molecule has 4 rings (SSSR count). The molecule has 124 valence electrons. The molecule has 1 heterocycles. The smallest absolute Gasteiger partial charge is 0.258 e. The van der Waals surface area contributed by atoms with Crippen molar-refractivity contribution in [1.29, 1.82) is 0 Å².